The van der Waals surface area contributed by atoms with Crippen molar-refractivity contribution in [1.29, 1.82) is 0 Å². The Morgan fingerprint density at radius 1 is 1.29 bits per heavy atom. The van der Waals surface area contributed by atoms with Gasteiger partial charge in [-0.15, -0.1) is 11.6 Å². The molecular weight excluding hydrogens is 202 g/mol. The van der Waals surface area contributed by atoms with Crippen molar-refractivity contribution in [2.24, 2.45) is 0 Å². The fraction of sp³-hybridized carbons (Fsp3) is 1.00. The van der Waals surface area contributed by atoms with Gasteiger partial charge in [0.1, 0.15) is 0 Å². The minimum absolute atomic E-state index is 0.416. The quantitative estimate of drug-likeness (QED) is 0.438. The van der Waals surface area contributed by atoms with E-state index in [1.165, 1.54) is 0 Å². The van der Waals surface area contributed by atoms with Crippen LogP contribution < -0.4 is 0 Å². The standard InChI is InChI=1S/C10H22ClNO2/c1-10(9-11)12(2)5-8-14-7-4-6-13-3/h10H,4-9H2,1-3H3. The number of rotatable bonds is 9. The topological polar surface area (TPSA) is 21.7 Å². The minimum atomic E-state index is 0.416. The molecule has 0 fully saturated rings. The molecule has 0 aliphatic carbocycles. The summed E-state index contributed by atoms with van der Waals surface area (Å²) in [5.41, 5.74) is 0. The molecule has 3 nitrogen and oxygen atoms in total. The van der Waals surface area contributed by atoms with Gasteiger partial charge >= 0.3 is 0 Å². The summed E-state index contributed by atoms with van der Waals surface area (Å²) in [6.45, 7) is 5.35. The third-order valence-electron chi connectivity index (χ3n) is 2.20. The molecule has 0 bridgehead atoms. The molecule has 4 heteroatoms. The van der Waals surface area contributed by atoms with E-state index < -0.39 is 0 Å². The molecule has 0 amide bonds. The van der Waals surface area contributed by atoms with Gasteiger partial charge < -0.3 is 14.4 Å². The monoisotopic (exact) mass is 223 g/mol. The normalized spacial score (nSPS) is 13.5. The molecule has 0 aromatic heterocycles. The number of hydrogen-bond donors (Lipinski definition) is 0. The predicted octanol–water partition coefficient (Wildman–Crippen LogP) is 1.60. The van der Waals surface area contributed by atoms with Crippen LogP contribution in [-0.2, 0) is 9.47 Å². The van der Waals surface area contributed by atoms with Crippen LogP contribution in [-0.4, -0.2) is 57.3 Å². The maximum absolute atomic E-state index is 5.73. The van der Waals surface area contributed by atoms with Crippen LogP contribution in [0.15, 0.2) is 0 Å². The van der Waals surface area contributed by atoms with Gasteiger partial charge in [-0.3, -0.25) is 0 Å². The van der Waals surface area contributed by atoms with Crippen molar-refractivity contribution < 1.29 is 9.47 Å². The Bertz CT molecular complexity index is 125. The van der Waals surface area contributed by atoms with E-state index in [0.717, 1.165) is 32.8 Å². The van der Waals surface area contributed by atoms with Crippen LogP contribution in [0.3, 0.4) is 0 Å². The summed E-state index contributed by atoms with van der Waals surface area (Å²) in [5, 5.41) is 0. The highest BCUT2D eigenvalue weighted by Crippen LogP contribution is 1.97. The van der Waals surface area contributed by atoms with Crippen molar-refractivity contribution in [3.8, 4) is 0 Å². The molecule has 0 aliphatic rings. The number of nitrogens with zero attached hydrogens (tertiary/aromatic N) is 1. The zero-order valence-corrected chi connectivity index (χ0v) is 10.2. The van der Waals surface area contributed by atoms with Crippen LogP contribution >= 0.6 is 11.6 Å². The minimum Gasteiger partial charge on any atom is -0.385 e. The zero-order valence-electron chi connectivity index (χ0n) is 9.46. The van der Waals surface area contributed by atoms with Crippen molar-refractivity contribution in [2.45, 2.75) is 19.4 Å². The maximum Gasteiger partial charge on any atom is 0.0593 e. The Kier molecular flexibility index (Phi) is 9.83. The van der Waals surface area contributed by atoms with Crippen molar-refractivity contribution in [3.05, 3.63) is 0 Å². The molecule has 0 aromatic carbocycles. The summed E-state index contributed by atoms with van der Waals surface area (Å²) >= 11 is 5.73. The first-order valence-electron chi connectivity index (χ1n) is 5.05. The lowest BCUT2D eigenvalue weighted by atomic mass is 10.3. The van der Waals surface area contributed by atoms with E-state index >= 15 is 0 Å². The second-order valence-corrected chi connectivity index (χ2v) is 3.75. The van der Waals surface area contributed by atoms with Gasteiger partial charge in [0.05, 0.1) is 6.61 Å². The van der Waals surface area contributed by atoms with Gasteiger partial charge in [0, 0.05) is 38.8 Å². The Morgan fingerprint density at radius 2 is 2.00 bits per heavy atom. The SMILES string of the molecule is COCCCOCCN(C)C(C)CCl. The molecule has 0 rings (SSSR count). The molecule has 1 unspecified atom stereocenters. The Balaban J connectivity index is 3.18. The van der Waals surface area contributed by atoms with Crippen molar-refractivity contribution in [2.75, 3.05) is 46.4 Å². The molecule has 0 radical (unpaired) electrons. The van der Waals surface area contributed by atoms with Crippen LogP contribution in [0, 0.1) is 0 Å². The van der Waals surface area contributed by atoms with E-state index in [9.17, 15) is 0 Å². The number of likely N-dealkylation sites (N-methyl/N-ethyl adjacent to an activating group) is 1. The third kappa shape index (κ3) is 7.56. The van der Waals surface area contributed by atoms with Gasteiger partial charge in [-0.25, -0.2) is 0 Å². The van der Waals surface area contributed by atoms with Gasteiger partial charge in [0.2, 0.25) is 0 Å². The molecule has 86 valence electrons. The number of hydrogen-bond acceptors (Lipinski definition) is 3. The number of ether oxygens (including phenoxy) is 2. The van der Waals surface area contributed by atoms with Gasteiger partial charge in [-0.05, 0) is 20.4 Å². The van der Waals surface area contributed by atoms with Crippen molar-refractivity contribution >= 4 is 11.6 Å². The summed E-state index contributed by atoms with van der Waals surface area (Å²) in [7, 11) is 3.77. The fourth-order valence-electron chi connectivity index (χ4n) is 0.954. The lowest BCUT2D eigenvalue weighted by molar-refractivity contribution is 0.0837. The van der Waals surface area contributed by atoms with Crippen LogP contribution in [0.4, 0.5) is 0 Å². The zero-order chi connectivity index (χ0) is 10.8. The highest BCUT2D eigenvalue weighted by molar-refractivity contribution is 6.18. The molecule has 0 aromatic rings. The maximum atomic E-state index is 5.73. The summed E-state index contributed by atoms with van der Waals surface area (Å²) in [4.78, 5) is 2.20. The third-order valence-corrected chi connectivity index (χ3v) is 2.65. The number of halogens is 1. The number of alkyl halides is 1. The first kappa shape index (κ1) is 14.2. The van der Waals surface area contributed by atoms with Gasteiger partial charge in [-0.2, -0.15) is 0 Å². The smallest absolute Gasteiger partial charge is 0.0593 e. The lowest BCUT2D eigenvalue weighted by Gasteiger charge is -2.22. The van der Waals surface area contributed by atoms with Crippen molar-refractivity contribution in [1.82, 2.24) is 4.90 Å². The first-order valence-corrected chi connectivity index (χ1v) is 5.58. The first-order chi connectivity index (χ1) is 6.72. The molecular formula is C10H22ClNO2. The summed E-state index contributed by atoms with van der Waals surface area (Å²) < 4.78 is 10.4. The predicted molar refractivity (Wildman–Crippen MR) is 60.1 cm³/mol. The Labute approximate surface area is 92.3 Å². The molecule has 0 N–H and O–H groups in total. The van der Waals surface area contributed by atoms with E-state index in [4.69, 9.17) is 21.1 Å². The van der Waals surface area contributed by atoms with Gasteiger partial charge in [0.15, 0.2) is 0 Å². The Morgan fingerprint density at radius 3 is 2.57 bits per heavy atom. The van der Waals surface area contributed by atoms with Gasteiger partial charge in [0.25, 0.3) is 0 Å². The second-order valence-electron chi connectivity index (χ2n) is 3.44. The highest BCUT2D eigenvalue weighted by Gasteiger charge is 2.06. The fourth-order valence-corrected chi connectivity index (χ4v) is 1.19. The molecule has 0 heterocycles. The molecule has 0 saturated carbocycles. The van der Waals surface area contributed by atoms with Crippen LogP contribution in [0.25, 0.3) is 0 Å². The van der Waals surface area contributed by atoms with E-state index in [1.54, 1.807) is 7.11 Å². The van der Waals surface area contributed by atoms with E-state index in [0.29, 0.717) is 11.9 Å². The van der Waals surface area contributed by atoms with Crippen LogP contribution in [0.1, 0.15) is 13.3 Å². The van der Waals surface area contributed by atoms with E-state index in [-0.39, 0.29) is 0 Å². The average molecular weight is 224 g/mol. The molecule has 0 spiro atoms. The Hall–Kier alpha value is 0.170. The summed E-state index contributed by atoms with van der Waals surface area (Å²) in [6, 6.07) is 0.416. The molecule has 0 saturated heterocycles. The lowest BCUT2D eigenvalue weighted by Crippen LogP contribution is -2.33. The average Bonchev–Trinajstić information content (AvgIpc) is 2.21. The highest BCUT2D eigenvalue weighted by atomic mass is 35.5. The van der Waals surface area contributed by atoms with Crippen LogP contribution in [0.5, 0.6) is 0 Å². The van der Waals surface area contributed by atoms with Crippen molar-refractivity contribution in [3.63, 3.8) is 0 Å². The largest absolute Gasteiger partial charge is 0.385 e. The van der Waals surface area contributed by atoms with Crippen LogP contribution in [0.2, 0.25) is 0 Å². The summed E-state index contributed by atoms with van der Waals surface area (Å²) in [6.07, 6.45) is 0.964. The molecule has 1 atom stereocenters. The molecule has 14 heavy (non-hydrogen) atoms. The van der Waals surface area contributed by atoms with E-state index in [1.807, 2.05) is 0 Å². The molecule has 0 aliphatic heterocycles. The van der Waals surface area contributed by atoms with Gasteiger partial charge in [-0.1, -0.05) is 0 Å². The summed E-state index contributed by atoms with van der Waals surface area (Å²) in [5.74, 6) is 0.667. The number of methoxy groups -OCH3 is 1. The van der Waals surface area contributed by atoms with E-state index in [2.05, 4.69) is 18.9 Å². The second kappa shape index (κ2) is 9.71.